The molecule has 0 aliphatic carbocycles. The molecule has 1 fully saturated rings. The van der Waals surface area contributed by atoms with Crippen molar-refractivity contribution in [3.05, 3.63) is 64.6 Å². The van der Waals surface area contributed by atoms with Crippen LogP contribution in [-0.4, -0.2) is 41.3 Å². The number of rotatable bonds is 6. The molecule has 0 atom stereocenters. The molecule has 1 amide bonds. The van der Waals surface area contributed by atoms with E-state index in [2.05, 4.69) is 15.8 Å². The lowest BCUT2D eigenvalue weighted by atomic mass is 10.2. The largest absolute Gasteiger partial charge is 0.485 e. The fourth-order valence-corrected chi connectivity index (χ4v) is 5.31. The van der Waals surface area contributed by atoms with E-state index in [1.165, 1.54) is 6.07 Å². The molecule has 33 heavy (non-hydrogen) atoms. The molecule has 1 aliphatic heterocycles. The van der Waals surface area contributed by atoms with Crippen LogP contribution in [0.1, 0.15) is 40.2 Å². The highest BCUT2D eigenvalue weighted by Crippen LogP contribution is 2.26. The number of aromatic nitrogens is 2. The van der Waals surface area contributed by atoms with Crippen LogP contribution in [0.5, 0.6) is 5.75 Å². The number of pyridine rings is 1. The van der Waals surface area contributed by atoms with Gasteiger partial charge >= 0.3 is 0 Å². The van der Waals surface area contributed by atoms with Gasteiger partial charge in [-0.2, -0.15) is 0 Å². The zero-order chi connectivity index (χ0) is 23.8. The topological polar surface area (TPSA) is 102 Å². The first-order chi connectivity index (χ1) is 15.6. The number of halogens is 2. The van der Waals surface area contributed by atoms with Gasteiger partial charge in [-0.1, -0.05) is 6.07 Å². The third kappa shape index (κ3) is 4.98. The number of carbonyl (C=O) groups excluding carboxylic acids is 1. The minimum Gasteiger partial charge on any atom is -0.485 e. The number of fused-ring (bicyclic) bond motifs is 1. The lowest BCUT2D eigenvalue weighted by molar-refractivity contribution is 0.0917. The van der Waals surface area contributed by atoms with Crippen molar-refractivity contribution in [2.45, 2.75) is 39.3 Å². The number of sulfone groups is 1. The van der Waals surface area contributed by atoms with E-state index in [4.69, 9.17) is 4.74 Å². The summed E-state index contributed by atoms with van der Waals surface area (Å²) < 4.78 is 58.4. The molecule has 176 valence electrons. The number of amides is 1. The molecule has 1 aromatic carbocycles. The Balaban J connectivity index is 1.54. The van der Waals surface area contributed by atoms with Crippen LogP contribution in [0.15, 0.2) is 30.5 Å². The Morgan fingerprint density at radius 1 is 1.21 bits per heavy atom. The Kier molecular flexibility index (Phi) is 6.35. The minimum atomic E-state index is -3.00. The van der Waals surface area contributed by atoms with Gasteiger partial charge in [0, 0.05) is 12.2 Å². The Labute approximate surface area is 189 Å². The van der Waals surface area contributed by atoms with Gasteiger partial charge in [0.2, 0.25) is 0 Å². The molecule has 3 aromatic rings. The Morgan fingerprint density at radius 3 is 2.55 bits per heavy atom. The van der Waals surface area contributed by atoms with E-state index in [1.54, 1.807) is 30.5 Å². The summed E-state index contributed by atoms with van der Waals surface area (Å²) in [6.45, 7) is 3.13. The van der Waals surface area contributed by atoms with Gasteiger partial charge < -0.3 is 4.74 Å². The molecule has 0 saturated carbocycles. The maximum Gasteiger partial charge on any atom is 0.284 e. The molecule has 0 bridgehead atoms. The summed E-state index contributed by atoms with van der Waals surface area (Å²) in [5.41, 5.74) is 7.15. The molecule has 4 rings (SSSR count). The maximum absolute atomic E-state index is 14.0. The van der Waals surface area contributed by atoms with Crippen molar-refractivity contribution >= 4 is 21.4 Å². The number of ether oxygens (including phenoxy) is 1. The Bertz CT molecular complexity index is 1290. The van der Waals surface area contributed by atoms with Gasteiger partial charge in [-0.25, -0.2) is 27.6 Å². The van der Waals surface area contributed by atoms with E-state index < -0.39 is 27.4 Å². The van der Waals surface area contributed by atoms with Crippen molar-refractivity contribution in [2.75, 3.05) is 11.5 Å². The minimum absolute atomic E-state index is 0.0810. The van der Waals surface area contributed by atoms with E-state index in [0.29, 0.717) is 24.2 Å². The van der Waals surface area contributed by atoms with Gasteiger partial charge in [-0.3, -0.25) is 14.6 Å². The first-order valence-electron chi connectivity index (χ1n) is 10.5. The highest BCUT2D eigenvalue weighted by Gasteiger charge is 2.25. The molecule has 8 nitrogen and oxygen atoms in total. The second-order valence-corrected chi connectivity index (χ2v) is 10.4. The van der Waals surface area contributed by atoms with Crippen LogP contribution >= 0.6 is 0 Å². The van der Waals surface area contributed by atoms with E-state index in [9.17, 15) is 22.0 Å². The van der Waals surface area contributed by atoms with Gasteiger partial charge in [0.25, 0.3) is 5.91 Å². The molecule has 1 saturated heterocycles. The Hall–Kier alpha value is -3.05. The first-order valence-corrected chi connectivity index (χ1v) is 12.3. The predicted octanol–water partition coefficient (Wildman–Crippen LogP) is 2.62. The van der Waals surface area contributed by atoms with Crippen LogP contribution in [0.3, 0.4) is 0 Å². The highest BCUT2D eigenvalue weighted by atomic mass is 32.2. The zero-order valence-corrected chi connectivity index (χ0v) is 19.0. The highest BCUT2D eigenvalue weighted by molar-refractivity contribution is 7.91. The summed E-state index contributed by atoms with van der Waals surface area (Å²) in [6.07, 6.45) is 2.55. The third-order valence-electron chi connectivity index (χ3n) is 5.59. The number of benzene rings is 1. The quantitative estimate of drug-likeness (QED) is 0.528. The van der Waals surface area contributed by atoms with E-state index in [-0.39, 0.29) is 41.2 Å². The molecular formula is C22H24F2N4O4S. The van der Waals surface area contributed by atoms with Gasteiger partial charge in [0.05, 0.1) is 22.8 Å². The number of imidazole rings is 1. The van der Waals surface area contributed by atoms with E-state index >= 15 is 0 Å². The lowest BCUT2D eigenvalue weighted by Gasteiger charge is -2.23. The number of nitrogens with zero attached hydrogens (tertiary/aromatic N) is 2. The second kappa shape index (κ2) is 9.06. The van der Waals surface area contributed by atoms with Crippen molar-refractivity contribution in [2.24, 2.45) is 0 Å². The monoisotopic (exact) mass is 478 g/mol. The molecular weight excluding hydrogens is 454 g/mol. The molecule has 1 aliphatic rings. The molecule has 3 heterocycles. The molecule has 2 aromatic heterocycles. The van der Waals surface area contributed by atoms with Gasteiger partial charge in [0.1, 0.15) is 33.8 Å². The van der Waals surface area contributed by atoms with Crippen molar-refractivity contribution in [3.63, 3.8) is 0 Å². The average molecular weight is 479 g/mol. The normalized spacial score (nSPS) is 16.1. The molecule has 0 spiro atoms. The predicted molar refractivity (Wildman–Crippen MR) is 118 cm³/mol. The Morgan fingerprint density at radius 2 is 1.88 bits per heavy atom. The number of nitrogens with one attached hydrogen (secondary N) is 2. The van der Waals surface area contributed by atoms with Crippen molar-refractivity contribution in [1.29, 1.82) is 0 Å². The van der Waals surface area contributed by atoms with Crippen LogP contribution < -0.4 is 15.6 Å². The van der Waals surface area contributed by atoms with Crippen molar-refractivity contribution < 1.29 is 26.7 Å². The molecule has 0 radical (unpaired) electrons. The second-order valence-electron chi connectivity index (χ2n) is 8.13. The smallest absolute Gasteiger partial charge is 0.284 e. The average Bonchev–Trinajstić information content (AvgIpc) is 3.08. The lowest BCUT2D eigenvalue weighted by Crippen LogP contribution is -2.47. The summed E-state index contributed by atoms with van der Waals surface area (Å²) in [7, 11) is -3.00. The van der Waals surface area contributed by atoms with Crippen LogP contribution in [-0.2, 0) is 16.4 Å². The number of hydrogen-bond acceptors (Lipinski definition) is 6. The van der Waals surface area contributed by atoms with Crippen LogP contribution in [0, 0.1) is 25.5 Å². The molecule has 11 heteroatoms. The number of carbonyl (C=O) groups is 1. The zero-order valence-electron chi connectivity index (χ0n) is 18.2. The number of aryl methyl sites for hydroxylation is 2. The third-order valence-corrected chi connectivity index (χ3v) is 7.31. The SMILES string of the molecule is Cc1cc(OCc2c(F)cccc2F)c2nc(C)c(C(=O)NNC3CCS(=O)(=O)CC3)n2c1. The van der Waals surface area contributed by atoms with Gasteiger partial charge in [0.15, 0.2) is 11.4 Å². The molecule has 0 unspecified atom stereocenters. The standard InChI is InChI=1S/C22H24F2N4O4S/c1-13-10-19(32-12-16-17(23)4-3-5-18(16)24)21-25-14(2)20(28(21)11-13)22(29)27-26-15-6-8-33(30,31)9-7-15/h3-5,10-11,15,26H,6-9,12H2,1-2H3,(H,27,29). The van der Waals surface area contributed by atoms with Crippen LogP contribution in [0.2, 0.25) is 0 Å². The summed E-state index contributed by atoms with van der Waals surface area (Å²) >= 11 is 0. The van der Waals surface area contributed by atoms with Gasteiger partial charge in [-0.05, 0) is 50.5 Å². The van der Waals surface area contributed by atoms with Crippen LogP contribution in [0.25, 0.3) is 5.65 Å². The van der Waals surface area contributed by atoms with Gasteiger partial charge in [-0.15, -0.1) is 0 Å². The number of hydrazine groups is 1. The molecule has 2 N–H and O–H groups in total. The fourth-order valence-electron chi connectivity index (χ4n) is 3.82. The summed E-state index contributed by atoms with van der Waals surface area (Å²) in [5.74, 6) is -1.41. The summed E-state index contributed by atoms with van der Waals surface area (Å²) in [4.78, 5) is 17.3. The van der Waals surface area contributed by atoms with E-state index in [0.717, 1.165) is 17.7 Å². The van der Waals surface area contributed by atoms with Crippen LogP contribution in [0.4, 0.5) is 8.78 Å². The number of hydrogen-bond donors (Lipinski definition) is 2. The summed E-state index contributed by atoms with van der Waals surface area (Å²) in [5, 5.41) is 0. The fraction of sp³-hybridized carbons (Fsp3) is 0.364. The maximum atomic E-state index is 14.0. The van der Waals surface area contributed by atoms with Crippen molar-refractivity contribution in [3.8, 4) is 5.75 Å². The van der Waals surface area contributed by atoms with E-state index in [1.807, 2.05) is 0 Å². The first kappa shape index (κ1) is 23.1. The van der Waals surface area contributed by atoms with Crippen molar-refractivity contribution in [1.82, 2.24) is 20.2 Å². The summed E-state index contributed by atoms with van der Waals surface area (Å²) in [6, 6.07) is 5.13.